The maximum absolute atomic E-state index is 11.9. The van der Waals surface area contributed by atoms with E-state index < -0.39 is 11.6 Å². The maximum atomic E-state index is 11.9. The summed E-state index contributed by atoms with van der Waals surface area (Å²) >= 11 is 0. The molecule has 2 aromatic carbocycles. The molecule has 5 heteroatoms. The second-order valence-corrected chi connectivity index (χ2v) is 5.76. The van der Waals surface area contributed by atoms with Crippen molar-refractivity contribution in [1.29, 1.82) is 0 Å². The van der Waals surface area contributed by atoms with Crippen LogP contribution in [0.4, 0.5) is 0 Å². The molecular formula is C19H23NO4. The van der Waals surface area contributed by atoms with Crippen LogP contribution in [0.15, 0.2) is 48.5 Å². The minimum absolute atomic E-state index is 0.320. The lowest BCUT2D eigenvalue weighted by Gasteiger charge is -2.24. The molecule has 0 aliphatic rings. The Kier molecular flexibility index (Phi) is 5.82. The number of benzene rings is 2. The minimum Gasteiger partial charge on any atom is -0.476 e. The van der Waals surface area contributed by atoms with Crippen LogP contribution in [0, 0.1) is 0 Å². The zero-order valence-corrected chi connectivity index (χ0v) is 14.2. The Morgan fingerprint density at radius 3 is 2.33 bits per heavy atom. The Hall–Kier alpha value is -2.53. The Morgan fingerprint density at radius 2 is 1.71 bits per heavy atom. The number of hydrogen-bond donors (Lipinski definition) is 1. The Morgan fingerprint density at radius 1 is 1.04 bits per heavy atom. The molecule has 0 atom stereocenters. The highest BCUT2D eigenvalue weighted by molar-refractivity contribution is 5.79. The molecule has 5 nitrogen and oxygen atoms in total. The molecule has 0 heterocycles. The summed E-state index contributed by atoms with van der Waals surface area (Å²) in [5.74, 6) is 1.56. The van der Waals surface area contributed by atoms with Crippen LogP contribution in [0.2, 0.25) is 0 Å². The van der Waals surface area contributed by atoms with E-state index in [-0.39, 0.29) is 0 Å². The van der Waals surface area contributed by atoms with E-state index in [1.165, 1.54) is 0 Å². The number of carbonyl (C=O) groups excluding carboxylic acids is 1. The molecule has 0 aliphatic carbocycles. The van der Waals surface area contributed by atoms with Crippen LogP contribution in [-0.4, -0.2) is 18.2 Å². The molecule has 2 rings (SSSR count). The molecule has 0 saturated carbocycles. The number of rotatable bonds is 7. The molecule has 0 spiro atoms. The van der Waals surface area contributed by atoms with Gasteiger partial charge in [0.1, 0.15) is 17.2 Å². The number of carbonyl (C=O) groups is 1. The molecule has 2 N–H and O–H groups in total. The molecule has 0 bridgehead atoms. The number of hydrogen-bond acceptors (Lipinski definition) is 5. The van der Waals surface area contributed by atoms with Gasteiger partial charge >= 0.3 is 5.97 Å². The van der Waals surface area contributed by atoms with Crippen LogP contribution in [0.1, 0.15) is 26.3 Å². The molecule has 0 amide bonds. The first-order chi connectivity index (χ1) is 11.4. The van der Waals surface area contributed by atoms with Crippen LogP contribution in [0.25, 0.3) is 0 Å². The Labute approximate surface area is 142 Å². The second-order valence-electron chi connectivity index (χ2n) is 5.76. The molecular weight excluding hydrogens is 306 g/mol. The van der Waals surface area contributed by atoms with Crippen LogP contribution in [0.5, 0.6) is 17.2 Å². The van der Waals surface area contributed by atoms with Crippen molar-refractivity contribution < 1.29 is 19.0 Å². The minimum atomic E-state index is -1.05. The summed E-state index contributed by atoms with van der Waals surface area (Å²) in [5, 5.41) is 0. The average Bonchev–Trinajstić information content (AvgIpc) is 2.57. The number of ether oxygens (including phenoxy) is 3. The summed E-state index contributed by atoms with van der Waals surface area (Å²) in [4.78, 5) is 11.9. The normalized spacial score (nSPS) is 11.0. The van der Waals surface area contributed by atoms with E-state index in [0.29, 0.717) is 24.7 Å². The van der Waals surface area contributed by atoms with Gasteiger partial charge in [0.15, 0.2) is 5.60 Å². The van der Waals surface area contributed by atoms with Gasteiger partial charge in [-0.15, -0.1) is 0 Å². The third kappa shape index (κ3) is 4.73. The van der Waals surface area contributed by atoms with E-state index in [0.717, 1.165) is 11.3 Å². The Balaban J connectivity index is 2.03. The van der Waals surface area contributed by atoms with Crippen molar-refractivity contribution in [2.45, 2.75) is 32.9 Å². The third-order valence-electron chi connectivity index (χ3n) is 3.33. The first-order valence-corrected chi connectivity index (χ1v) is 7.88. The summed E-state index contributed by atoms with van der Waals surface area (Å²) < 4.78 is 16.5. The SMILES string of the molecule is CCOC(=O)C(C)(C)Oc1ccc(Oc2cccc(CN)c2)cc1. The highest BCUT2D eigenvalue weighted by Crippen LogP contribution is 2.26. The van der Waals surface area contributed by atoms with Gasteiger partial charge < -0.3 is 19.9 Å². The lowest BCUT2D eigenvalue weighted by Crippen LogP contribution is -2.39. The van der Waals surface area contributed by atoms with E-state index in [4.69, 9.17) is 19.9 Å². The van der Waals surface area contributed by atoms with Crippen molar-refractivity contribution in [2.24, 2.45) is 5.73 Å². The van der Waals surface area contributed by atoms with Crippen molar-refractivity contribution in [3.05, 3.63) is 54.1 Å². The van der Waals surface area contributed by atoms with Gasteiger partial charge in [-0.1, -0.05) is 12.1 Å². The van der Waals surface area contributed by atoms with Crippen molar-refractivity contribution in [2.75, 3.05) is 6.61 Å². The van der Waals surface area contributed by atoms with Crippen molar-refractivity contribution in [3.63, 3.8) is 0 Å². The standard InChI is InChI=1S/C19H23NO4/c1-4-22-18(21)19(2,3)24-16-10-8-15(9-11-16)23-17-7-5-6-14(12-17)13-20/h5-12H,4,13,20H2,1-3H3. The summed E-state index contributed by atoms with van der Waals surface area (Å²) in [6, 6.07) is 14.7. The summed E-state index contributed by atoms with van der Waals surface area (Å²) in [5.41, 5.74) is 5.58. The van der Waals surface area contributed by atoms with Gasteiger partial charge in [0.05, 0.1) is 6.61 Å². The average molecular weight is 329 g/mol. The first-order valence-electron chi connectivity index (χ1n) is 7.88. The smallest absolute Gasteiger partial charge is 0.349 e. The fraction of sp³-hybridized carbons (Fsp3) is 0.316. The van der Waals surface area contributed by atoms with E-state index in [9.17, 15) is 4.79 Å². The van der Waals surface area contributed by atoms with E-state index in [1.807, 2.05) is 24.3 Å². The van der Waals surface area contributed by atoms with Crippen LogP contribution in [0.3, 0.4) is 0 Å². The molecule has 0 radical (unpaired) electrons. The van der Waals surface area contributed by atoms with Crippen LogP contribution >= 0.6 is 0 Å². The van der Waals surface area contributed by atoms with Gasteiger partial charge in [-0.3, -0.25) is 0 Å². The topological polar surface area (TPSA) is 70.8 Å². The fourth-order valence-electron chi connectivity index (χ4n) is 2.09. The predicted octanol–water partition coefficient (Wildman–Crippen LogP) is 3.66. The largest absolute Gasteiger partial charge is 0.476 e. The molecule has 0 aliphatic heterocycles. The van der Waals surface area contributed by atoms with E-state index in [1.54, 1.807) is 45.0 Å². The van der Waals surface area contributed by atoms with Gasteiger partial charge in [-0.05, 0) is 62.7 Å². The summed E-state index contributed by atoms with van der Waals surface area (Å²) in [6.45, 7) is 5.90. The van der Waals surface area contributed by atoms with Gasteiger partial charge in [0.25, 0.3) is 0 Å². The molecule has 24 heavy (non-hydrogen) atoms. The zero-order valence-electron chi connectivity index (χ0n) is 14.2. The molecule has 128 valence electrons. The monoisotopic (exact) mass is 329 g/mol. The summed E-state index contributed by atoms with van der Waals surface area (Å²) in [7, 11) is 0. The van der Waals surface area contributed by atoms with Gasteiger partial charge in [-0.2, -0.15) is 0 Å². The summed E-state index contributed by atoms with van der Waals surface area (Å²) in [6.07, 6.45) is 0. The number of nitrogens with two attached hydrogens (primary N) is 1. The van der Waals surface area contributed by atoms with Gasteiger partial charge in [-0.25, -0.2) is 4.79 Å². The first kappa shape index (κ1) is 17.8. The molecule has 2 aromatic rings. The van der Waals surface area contributed by atoms with Gasteiger partial charge in [0, 0.05) is 6.54 Å². The Bertz CT molecular complexity index is 680. The number of esters is 1. The van der Waals surface area contributed by atoms with Crippen LogP contribution < -0.4 is 15.2 Å². The fourth-order valence-corrected chi connectivity index (χ4v) is 2.09. The highest BCUT2D eigenvalue weighted by Gasteiger charge is 2.31. The molecule has 0 unspecified atom stereocenters. The van der Waals surface area contributed by atoms with Crippen molar-refractivity contribution >= 4 is 5.97 Å². The van der Waals surface area contributed by atoms with Crippen molar-refractivity contribution in [3.8, 4) is 17.2 Å². The highest BCUT2D eigenvalue weighted by atomic mass is 16.6. The van der Waals surface area contributed by atoms with E-state index >= 15 is 0 Å². The van der Waals surface area contributed by atoms with Crippen molar-refractivity contribution in [1.82, 2.24) is 0 Å². The predicted molar refractivity (Wildman–Crippen MR) is 92.2 cm³/mol. The van der Waals surface area contributed by atoms with Gasteiger partial charge in [0.2, 0.25) is 0 Å². The third-order valence-corrected chi connectivity index (χ3v) is 3.33. The zero-order chi connectivity index (χ0) is 17.6. The molecule has 0 fully saturated rings. The molecule has 0 saturated heterocycles. The van der Waals surface area contributed by atoms with Crippen LogP contribution in [-0.2, 0) is 16.1 Å². The lowest BCUT2D eigenvalue weighted by molar-refractivity contribution is -0.158. The quantitative estimate of drug-likeness (QED) is 0.785. The second kappa shape index (κ2) is 7.84. The maximum Gasteiger partial charge on any atom is 0.349 e. The lowest BCUT2D eigenvalue weighted by atomic mass is 10.1. The molecule has 0 aromatic heterocycles. The van der Waals surface area contributed by atoms with E-state index in [2.05, 4.69) is 0 Å².